The molecule has 0 radical (unpaired) electrons. The normalized spacial score (nSPS) is 13.6. The minimum absolute atomic E-state index is 0.0172. The molecule has 0 saturated heterocycles. The molecule has 0 bridgehead atoms. The Morgan fingerprint density at radius 2 is 1.83 bits per heavy atom. The fraction of sp³-hybridized carbons (Fsp3) is 0.208. The summed E-state index contributed by atoms with van der Waals surface area (Å²) in [5.74, 6) is 0. The van der Waals surface area contributed by atoms with Crippen LogP contribution in [-0.2, 0) is 20.0 Å². The molecule has 0 unspecified atom stereocenters. The van der Waals surface area contributed by atoms with Crippen LogP contribution in [0.3, 0.4) is 0 Å². The lowest BCUT2D eigenvalue weighted by Crippen LogP contribution is -2.24. The van der Waals surface area contributed by atoms with E-state index in [4.69, 9.17) is 0 Å². The van der Waals surface area contributed by atoms with Crippen LogP contribution >= 0.6 is 11.8 Å². The number of hydrogen-bond donors (Lipinski definition) is 1. The molecule has 5 heteroatoms. The van der Waals surface area contributed by atoms with Gasteiger partial charge in [-0.25, -0.2) is 0 Å². The Morgan fingerprint density at radius 1 is 1.00 bits per heavy atom. The molecular formula is C24H23N3OS. The second kappa shape index (κ2) is 7.25. The summed E-state index contributed by atoms with van der Waals surface area (Å²) in [4.78, 5) is 14.1. The van der Waals surface area contributed by atoms with Crippen molar-refractivity contribution < 1.29 is 0 Å². The van der Waals surface area contributed by atoms with Gasteiger partial charge in [0.2, 0.25) is 0 Å². The van der Waals surface area contributed by atoms with Crippen LogP contribution in [0, 0.1) is 0 Å². The van der Waals surface area contributed by atoms with E-state index in [0.717, 1.165) is 36.3 Å². The van der Waals surface area contributed by atoms with E-state index in [9.17, 15) is 4.79 Å². The first-order valence-corrected chi connectivity index (χ1v) is 11.1. The lowest BCUT2D eigenvalue weighted by Gasteiger charge is -2.14. The fourth-order valence-electron chi connectivity index (χ4n) is 4.29. The lowest BCUT2D eigenvalue weighted by atomic mass is 10.0. The van der Waals surface area contributed by atoms with Gasteiger partial charge in [0, 0.05) is 41.8 Å². The fourth-order valence-corrected chi connectivity index (χ4v) is 4.69. The van der Waals surface area contributed by atoms with Crippen LogP contribution < -0.4 is 10.9 Å². The highest BCUT2D eigenvalue weighted by Crippen LogP contribution is 2.29. The standard InChI is InChI=1S/C24H23N3OS/c1-26-22-14-18(5-8-20(22)21-9-11-25-15-23(21)26)27-12-10-17(13-24(27)28)16-3-6-19(29-2)7-4-16/h3-8,10,12-14,25H,9,11,15H2,1-2H3. The van der Waals surface area contributed by atoms with Crippen LogP contribution in [0.2, 0.25) is 0 Å². The van der Waals surface area contributed by atoms with Crippen molar-refractivity contribution in [3.05, 3.63) is 82.4 Å². The summed E-state index contributed by atoms with van der Waals surface area (Å²) in [6, 6.07) is 18.4. The van der Waals surface area contributed by atoms with Gasteiger partial charge in [0.15, 0.2) is 0 Å². The third kappa shape index (κ3) is 3.11. The Hall–Kier alpha value is -2.76. The molecule has 4 aromatic rings. The van der Waals surface area contributed by atoms with Crippen molar-refractivity contribution >= 4 is 22.7 Å². The van der Waals surface area contributed by atoms with E-state index in [1.54, 1.807) is 22.4 Å². The van der Waals surface area contributed by atoms with Crippen LogP contribution in [0.15, 0.2) is 70.5 Å². The highest BCUT2D eigenvalue weighted by molar-refractivity contribution is 7.98. The van der Waals surface area contributed by atoms with Crippen molar-refractivity contribution in [3.63, 3.8) is 0 Å². The minimum Gasteiger partial charge on any atom is -0.346 e. The van der Waals surface area contributed by atoms with E-state index in [0.29, 0.717) is 0 Å². The molecular weight excluding hydrogens is 378 g/mol. The number of fused-ring (bicyclic) bond motifs is 3. The van der Waals surface area contributed by atoms with Gasteiger partial charge in [0.05, 0.1) is 11.2 Å². The maximum absolute atomic E-state index is 12.9. The second-order valence-electron chi connectivity index (χ2n) is 7.46. The Labute approximate surface area is 174 Å². The number of aryl methyl sites for hydroxylation is 1. The van der Waals surface area contributed by atoms with Crippen molar-refractivity contribution in [2.75, 3.05) is 12.8 Å². The van der Waals surface area contributed by atoms with Crippen molar-refractivity contribution in [2.45, 2.75) is 17.9 Å². The van der Waals surface area contributed by atoms with Gasteiger partial charge in [-0.2, -0.15) is 0 Å². The van der Waals surface area contributed by atoms with Gasteiger partial charge in [0.25, 0.3) is 5.56 Å². The Morgan fingerprint density at radius 3 is 2.59 bits per heavy atom. The average Bonchev–Trinajstić information content (AvgIpc) is 3.06. The molecule has 0 spiro atoms. The third-order valence-electron chi connectivity index (χ3n) is 5.89. The summed E-state index contributed by atoms with van der Waals surface area (Å²) in [6.45, 7) is 1.92. The topological polar surface area (TPSA) is 39.0 Å². The third-order valence-corrected chi connectivity index (χ3v) is 6.63. The molecule has 4 nitrogen and oxygen atoms in total. The molecule has 29 heavy (non-hydrogen) atoms. The predicted molar refractivity (Wildman–Crippen MR) is 121 cm³/mol. The van der Waals surface area contributed by atoms with Crippen LogP contribution in [0.25, 0.3) is 27.7 Å². The Balaban J connectivity index is 1.56. The smallest absolute Gasteiger partial charge is 0.255 e. The molecule has 1 N–H and O–H groups in total. The zero-order valence-electron chi connectivity index (χ0n) is 16.6. The highest BCUT2D eigenvalue weighted by atomic mass is 32.2. The molecule has 5 rings (SSSR count). The lowest BCUT2D eigenvalue weighted by molar-refractivity contribution is 0.614. The molecule has 0 aliphatic carbocycles. The molecule has 0 amide bonds. The van der Waals surface area contributed by atoms with Gasteiger partial charge in [-0.1, -0.05) is 18.2 Å². The summed E-state index contributed by atoms with van der Waals surface area (Å²) < 4.78 is 3.98. The molecule has 0 saturated carbocycles. The number of nitrogens with one attached hydrogen (secondary N) is 1. The largest absolute Gasteiger partial charge is 0.346 e. The van der Waals surface area contributed by atoms with Gasteiger partial charge >= 0.3 is 0 Å². The Bertz CT molecular complexity index is 1270. The first-order chi connectivity index (χ1) is 14.2. The first kappa shape index (κ1) is 18.3. The summed E-state index contributed by atoms with van der Waals surface area (Å²) in [6.07, 6.45) is 4.99. The summed E-state index contributed by atoms with van der Waals surface area (Å²) >= 11 is 1.72. The number of aromatic nitrogens is 2. The zero-order chi connectivity index (χ0) is 20.0. The van der Waals surface area contributed by atoms with Crippen molar-refractivity contribution in [3.8, 4) is 16.8 Å². The van der Waals surface area contributed by atoms with Crippen molar-refractivity contribution in [1.82, 2.24) is 14.5 Å². The number of pyridine rings is 1. The monoisotopic (exact) mass is 401 g/mol. The number of hydrogen-bond acceptors (Lipinski definition) is 3. The molecule has 1 aliphatic rings. The van der Waals surface area contributed by atoms with E-state index in [2.05, 4.69) is 65.7 Å². The quantitative estimate of drug-likeness (QED) is 0.518. The van der Waals surface area contributed by atoms with Gasteiger partial charge in [0.1, 0.15) is 0 Å². The zero-order valence-corrected chi connectivity index (χ0v) is 17.4. The van der Waals surface area contributed by atoms with Crippen molar-refractivity contribution in [2.24, 2.45) is 7.05 Å². The highest BCUT2D eigenvalue weighted by Gasteiger charge is 2.18. The van der Waals surface area contributed by atoms with E-state index in [1.807, 2.05) is 12.3 Å². The SMILES string of the molecule is CSc1ccc(-c2ccn(-c3ccc4c5c(n(C)c4c3)CNCC5)c(=O)c2)cc1. The van der Waals surface area contributed by atoms with E-state index in [1.165, 1.54) is 27.1 Å². The van der Waals surface area contributed by atoms with E-state index < -0.39 is 0 Å². The summed E-state index contributed by atoms with van der Waals surface area (Å²) in [5.41, 5.74) is 6.85. The van der Waals surface area contributed by atoms with Gasteiger partial charge in [-0.05, 0) is 66.2 Å². The summed E-state index contributed by atoms with van der Waals surface area (Å²) in [5, 5.41) is 4.75. The number of rotatable bonds is 3. The maximum Gasteiger partial charge on any atom is 0.255 e. The molecule has 146 valence electrons. The first-order valence-electron chi connectivity index (χ1n) is 9.84. The molecule has 0 fully saturated rings. The van der Waals surface area contributed by atoms with Gasteiger partial charge in [-0.3, -0.25) is 9.36 Å². The molecule has 0 atom stereocenters. The molecule has 3 heterocycles. The predicted octanol–water partition coefficient (Wildman–Crippen LogP) is 4.36. The van der Waals surface area contributed by atoms with E-state index >= 15 is 0 Å². The number of benzene rings is 2. The van der Waals surface area contributed by atoms with Crippen LogP contribution in [0.1, 0.15) is 11.3 Å². The summed E-state index contributed by atoms with van der Waals surface area (Å²) in [7, 11) is 2.11. The molecule has 2 aromatic carbocycles. The van der Waals surface area contributed by atoms with Crippen LogP contribution in [0.5, 0.6) is 0 Å². The number of nitrogens with zero attached hydrogens (tertiary/aromatic N) is 2. The van der Waals surface area contributed by atoms with Gasteiger partial charge < -0.3 is 9.88 Å². The van der Waals surface area contributed by atoms with Gasteiger partial charge in [-0.15, -0.1) is 11.8 Å². The van der Waals surface area contributed by atoms with Crippen LogP contribution in [-0.4, -0.2) is 21.9 Å². The van der Waals surface area contributed by atoms with Crippen molar-refractivity contribution in [1.29, 1.82) is 0 Å². The average molecular weight is 402 g/mol. The maximum atomic E-state index is 12.9. The minimum atomic E-state index is -0.0172. The molecule has 1 aliphatic heterocycles. The molecule has 2 aromatic heterocycles. The Kier molecular flexibility index (Phi) is 4.57. The number of thioether (sulfide) groups is 1. The second-order valence-corrected chi connectivity index (χ2v) is 8.34. The van der Waals surface area contributed by atoms with Crippen LogP contribution in [0.4, 0.5) is 0 Å². The van der Waals surface area contributed by atoms with E-state index in [-0.39, 0.29) is 5.56 Å².